The molecule has 1 aliphatic heterocycles. The van der Waals surface area contributed by atoms with E-state index in [0.717, 1.165) is 10.0 Å². The summed E-state index contributed by atoms with van der Waals surface area (Å²) in [6.07, 6.45) is 0.949. The largest absolute Gasteiger partial charge is 0.278 e. The number of imide groups is 1. The van der Waals surface area contributed by atoms with Crippen molar-refractivity contribution >= 4 is 27.7 Å². The molecule has 2 amide bonds. The lowest BCUT2D eigenvalue weighted by atomic mass is 9.97. The molecule has 1 aliphatic rings. The number of carbonyl (C=O) groups is 2. The lowest BCUT2D eigenvalue weighted by molar-refractivity contribution is -0.150. The van der Waals surface area contributed by atoms with Gasteiger partial charge in [-0.1, -0.05) is 35.0 Å². The second-order valence-corrected chi connectivity index (χ2v) is 5.43. The van der Waals surface area contributed by atoms with Crippen molar-refractivity contribution in [3.05, 3.63) is 34.3 Å². The summed E-state index contributed by atoms with van der Waals surface area (Å²) >= 11 is 3.35. The number of carbonyl (C=O) groups excluding carboxylic acids is 2. The average Bonchev–Trinajstić information content (AvgIpc) is 2.26. The Labute approximate surface area is 109 Å². The van der Waals surface area contributed by atoms with Crippen LogP contribution in [0.4, 0.5) is 0 Å². The summed E-state index contributed by atoms with van der Waals surface area (Å²) in [6.45, 7) is 2.32. The third-order valence-electron chi connectivity index (χ3n) is 2.90. The van der Waals surface area contributed by atoms with Crippen LogP contribution >= 0.6 is 15.9 Å². The number of hydrogen-bond acceptors (Lipinski definition) is 2. The van der Waals surface area contributed by atoms with Crippen LogP contribution < -0.4 is 0 Å². The van der Waals surface area contributed by atoms with Gasteiger partial charge in [-0.05, 0) is 23.6 Å². The molecule has 1 aromatic rings. The van der Waals surface area contributed by atoms with Gasteiger partial charge in [0.05, 0.1) is 6.54 Å². The third kappa shape index (κ3) is 2.94. The second-order valence-electron chi connectivity index (χ2n) is 4.51. The number of amides is 2. The number of nitrogens with zero attached hydrogens (tertiary/aromatic N) is 1. The molecule has 3 nitrogen and oxygen atoms in total. The van der Waals surface area contributed by atoms with E-state index < -0.39 is 0 Å². The Morgan fingerprint density at radius 2 is 1.71 bits per heavy atom. The van der Waals surface area contributed by atoms with E-state index in [0.29, 0.717) is 19.4 Å². The zero-order valence-electron chi connectivity index (χ0n) is 9.65. The van der Waals surface area contributed by atoms with E-state index in [4.69, 9.17) is 0 Å². The molecule has 2 rings (SSSR count). The quantitative estimate of drug-likeness (QED) is 0.787. The lowest BCUT2D eigenvalue weighted by Gasteiger charge is -2.28. The van der Waals surface area contributed by atoms with Crippen molar-refractivity contribution < 1.29 is 9.59 Å². The van der Waals surface area contributed by atoms with E-state index in [2.05, 4.69) is 15.9 Å². The van der Waals surface area contributed by atoms with Crippen molar-refractivity contribution in [2.75, 3.05) is 0 Å². The minimum Gasteiger partial charge on any atom is -0.278 e. The van der Waals surface area contributed by atoms with Crippen LogP contribution in [-0.4, -0.2) is 16.7 Å². The van der Waals surface area contributed by atoms with Crippen LogP contribution in [0.2, 0.25) is 0 Å². The zero-order valence-corrected chi connectivity index (χ0v) is 11.2. The van der Waals surface area contributed by atoms with Crippen molar-refractivity contribution in [2.45, 2.75) is 26.3 Å². The van der Waals surface area contributed by atoms with Gasteiger partial charge < -0.3 is 0 Å². The average molecular weight is 296 g/mol. The summed E-state index contributed by atoms with van der Waals surface area (Å²) in [4.78, 5) is 24.9. The molecular weight excluding hydrogens is 282 g/mol. The molecule has 1 saturated heterocycles. The molecule has 90 valence electrons. The SMILES string of the molecule is CC1CC(=O)N(Cc2ccc(Br)cc2)C(=O)C1. The van der Waals surface area contributed by atoms with Gasteiger partial charge in [0.15, 0.2) is 0 Å². The maximum atomic E-state index is 11.8. The van der Waals surface area contributed by atoms with E-state index in [-0.39, 0.29) is 17.7 Å². The zero-order chi connectivity index (χ0) is 12.4. The molecule has 0 saturated carbocycles. The van der Waals surface area contributed by atoms with Crippen molar-refractivity contribution in [3.63, 3.8) is 0 Å². The predicted molar refractivity (Wildman–Crippen MR) is 68.1 cm³/mol. The molecule has 0 aliphatic carbocycles. The molecule has 0 N–H and O–H groups in total. The van der Waals surface area contributed by atoms with E-state index >= 15 is 0 Å². The minimum atomic E-state index is -0.0586. The van der Waals surface area contributed by atoms with Gasteiger partial charge in [-0.3, -0.25) is 14.5 Å². The fourth-order valence-corrected chi connectivity index (χ4v) is 2.24. The van der Waals surface area contributed by atoms with Gasteiger partial charge >= 0.3 is 0 Å². The van der Waals surface area contributed by atoms with Gasteiger partial charge in [0, 0.05) is 17.3 Å². The molecule has 0 bridgehead atoms. The highest BCUT2D eigenvalue weighted by Crippen LogP contribution is 2.21. The highest BCUT2D eigenvalue weighted by Gasteiger charge is 2.29. The second kappa shape index (κ2) is 5.00. The van der Waals surface area contributed by atoms with Gasteiger partial charge in [0.2, 0.25) is 11.8 Å². The van der Waals surface area contributed by atoms with Crippen molar-refractivity contribution in [1.82, 2.24) is 4.90 Å². The lowest BCUT2D eigenvalue weighted by Crippen LogP contribution is -2.42. The number of benzene rings is 1. The Kier molecular flexibility index (Phi) is 3.62. The fourth-order valence-electron chi connectivity index (χ4n) is 1.98. The highest BCUT2D eigenvalue weighted by molar-refractivity contribution is 9.10. The Hall–Kier alpha value is -1.16. The van der Waals surface area contributed by atoms with Crippen LogP contribution in [0.5, 0.6) is 0 Å². The van der Waals surface area contributed by atoms with Gasteiger partial charge in [-0.25, -0.2) is 0 Å². The van der Waals surface area contributed by atoms with Crippen LogP contribution in [-0.2, 0) is 16.1 Å². The Morgan fingerprint density at radius 3 is 2.24 bits per heavy atom. The first-order chi connectivity index (χ1) is 8.06. The summed E-state index contributed by atoms with van der Waals surface area (Å²) in [6, 6.07) is 7.67. The molecule has 0 atom stereocenters. The number of halogens is 1. The van der Waals surface area contributed by atoms with Crippen LogP contribution in [0, 0.1) is 5.92 Å². The van der Waals surface area contributed by atoms with Crippen LogP contribution in [0.15, 0.2) is 28.7 Å². The number of likely N-dealkylation sites (tertiary alicyclic amines) is 1. The molecule has 0 radical (unpaired) electrons. The predicted octanol–water partition coefficient (Wildman–Crippen LogP) is 2.73. The maximum Gasteiger partial charge on any atom is 0.229 e. The van der Waals surface area contributed by atoms with E-state index in [9.17, 15) is 9.59 Å². The summed E-state index contributed by atoms with van der Waals surface area (Å²) in [5, 5.41) is 0. The van der Waals surface area contributed by atoms with Gasteiger partial charge in [0.25, 0.3) is 0 Å². The normalized spacial score (nSPS) is 17.6. The number of hydrogen-bond donors (Lipinski definition) is 0. The molecule has 1 aromatic carbocycles. The van der Waals surface area contributed by atoms with Crippen LogP contribution in [0.25, 0.3) is 0 Å². The molecular formula is C13H14BrNO2. The molecule has 1 fully saturated rings. The molecule has 4 heteroatoms. The van der Waals surface area contributed by atoms with Crippen LogP contribution in [0.1, 0.15) is 25.3 Å². The molecule has 17 heavy (non-hydrogen) atoms. The highest BCUT2D eigenvalue weighted by atomic mass is 79.9. The fraction of sp³-hybridized carbons (Fsp3) is 0.385. The maximum absolute atomic E-state index is 11.8. The standard InChI is InChI=1S/C13H14BrNO2/c1-9-6-12(16)15(13(17)7-9)8-10-2-4-11(14)5-3-10/h2-5,9H,6-8H2,1H3. The van der Waals surface area contributed by atoms with Gasteiger partial charge in [-0.15, -0.1) is 0 Å². The summed E-state index contributed by atoms with van der Waals surface area (Å²) in [5.74, 6) is 0.0597. The first-order valence-corrected chi connectivity index (χ1v) is 6.43. The molecule has 1 heterocycles. The Bertz CT molecular complexity index is 423. The van der Waals surface area contributed by atoms with Gasteiger partial charge in [0.1, 0.15) is 0 Å². The number of rotatable bonds is 2. The monoisotopic (exact) mass is 295 g/mol. The third-order valence-corrected chi connectivity index (χ3v) is 3.43. The van der Waals surface area contributed by atoms with Gasteiger partial charge in [-0.2, -0.15) is 0 Å². The topological polar surface area (TPSA) is 37.4 Å². The van der Waals surface area contributed by atoms with E-state index in [1.54, 1.807) is 0 Å². The van der Waals surface area contributed by atoms with Crippen molar-refractivity contribution in [3.8, 4) is 0 Å². The molecule has 0 aromatic heterocycles. The smallest absolute Gasteiger partial charge is 0.229 e. The summed E-state index contributed by atoms with van der Waals surface area (Å²) in [5.41, 5.74) is 0.976. The van der Waals surface area contributed by atoms with E-state index in [1.807, 2.05) is 31.2 Å². The van der Waals surface area contributed by atoms with Crippen molar-refractivity contribution in [2.24, 2.45) is 5.92 Å². The number of piperidine rings is 1. The van der Waals surface area contributed by atoms with Crippen LogP contribution in [0.3, 0.4) is 0 Å². The first kappa shape index (κ1) is 12.3. The summed E-state index contributed by atoms with van der Waals surface area (Å²) in [7, 11) is 0. The molecule has 0 unspecified atom stereocenters. The van der Waals surface area contributed by atoms with Crippen molar-refractivity contribution in [1.29, 1.82) is 0 Å². The Balaban J connectivity index is 2.10. The Morgan fingerprint density at radius 1 is 1.18 bits per heavy atom. The van der Waals surface area contributed by atoms with E-state index in [1.165, 1.54) is 4.90 Å². The molecule has 0 spiro atoms. The first-order valence-electron chi connectivity index (χ1n) is 5.64. The summed E-state index contributed by atoms with van der Waals surface area (Å²) < 4.78 is 0.992. The minimum absolute atomic E-state index is 0.0586.